The minimum atomic E-state index is -0.466. The first-order chi connectivity index (χ1) is 16.6. The summed E-state index contributed by atoms with van der Waals surface area (Å²) in [6.45, 7) is 2.63. The molecule has 0 N–H and O–H groups in total. The lowest BCUT2D eigenvalue weighted by Gasteiger charge is -2.36. The number of piperazine rings is 1. The Morgan fingerprint density at radius 2 is 1.59 bits per heavy atom. The smallest absolute Gasteiger partial charge is 0.336 e. The second kappa shape index (κ2) is 9.61. The molecule has 172 valence electrons. The van der Waals surface area contributed by atoms with Crippen LogP contribution in [0.2, 0.25) is 5.02 Å². The Balaban J connectivity index is 1.28. The summed E-state index contributed by atoms with van der Waals surface area (Å²) in [6.07, 6.45) is 0. The maximum atomic E-state index is 12.7. The number of carbonyl (C=O) groups excluding carboxylic acids is 1. The van der Waals surface area contributed by atoms with Crippen LogP contribution in [0.4, 0.5) is 5.69 Å². The van der Waals surface area contributed by atoms with Gasteiger partial charge in [0.2, 0.25) is 0 Å². The van der Waals surface area contributed by atoms with Gasteiger partial charge in [-0.25, -0.2) is 4.79 Å². The maximum absolute atomic E-state index is 12.7. The van der Waals surface area contributed by atoms with Crippen molar-refractivity contribution >= 4 is 34.2 Å². The monoisotopic (exact) mass is 474 g/mol. The fourth-order valence-electron chi connectivity index (χ4n) is 4.21. The molecular formula is C27H23ClN2O4. The average molecular weight is 475 g/mol. The van der Waals surface area contributed by atoms with E-state index >= 15 is 0 Å². The minimum absolute atomic E-state index is 0.108. The van der Waals surface area contributed by atoms with Gasteiger partial charge < -0.3 is 19.0 Å². The van der Waals surface area contributed by atoms with Crippen LogP contribution >= 0.6 is 11.6 Å². The summed E-state index contributed by atoms with van der Waals surface area (Å²) in [5.41, 5.74) is 2.66. The van der Waals surface area contributed by atoms with E-state index in [0.717, 1.165) is 29.9 Å². The molecular weight excluding hydrogens is 452 g/mol. The number of halogens is 1. The van der Waals surface area contributed by atoms with Gasteiger partial charge in [-0.1, -0.05) is 60.1 Å². The molecule has 0 radical (unpaired) electrons. The van der Waals surface area contributed by atoms with Crippen LogP contribution in [-0.2, 0) is 4.79 Å². The molecule has 1 aliphatic heterocycles. The molecule has 1 fully saturated rings. The van der Waals surface area contributed by atoms with Gasteiger partial charge in [0.15, 0.2) is 6.61 Å². The van der Waals surface area contributed by atoms with E-state index in [1.807, 2.05) is 48.5 Å². The fraction of sp³-hybridized carbons (Fsp3) is 0.185. The molecule has 3 aromatic carbocycles. The number of carbonyl (C=O) groups is 1. The lowest BCUT2D eigenvalue weighted by atomic mass is 10.0. The van der Waals surface area contributed by atoms with Gasteiger partial charge in [0.05, 0.1) is 5.02 Å². The highest BCUT2D eigenvalue weighted by atomic mass is 35.5. The molecule has 0 unspecified atom stereocenters. The van der Waals surface area contributed by atoms with Gasteiger partial charge in [-0.2, -0.15) is 0 Å². The van der Waals surface area contributed by atoms with E-state index in [4.69, 9.17) is 20.8 Å². The topological polar surface area (TPSA) is 63.0 Å². The van der Waals surface area contributed by atoms with E-state index in [-0.39, 0.29) is 12.5 Å². The van der Waals surface area contributed by atoms with Gasteiger partial charge in [-0.15, -0.1) is 0 Å². The Hall–Kier alpha value is -3.77. The molecule has 7 heteroatoms. The van der Waals surface area contributed by atoms with Gasteiger partial charge in [0, 0.05) is 49.4 Å². The Morgan fingerprint density at radius 1 is 0.912 bits per heavy atom. The highest BCUT2D eigenvalue weighted by Gasteiger charge is 2.22. The summed E-state index contributed by atoms with van der Waals surface area (Å²) in [5.74, 6) is 0.196. The average Bonchev–Trinajstić information content (AvgIpc) is 2.88. The zero-order valence-corrected chi connectivity index (χ0v) is 19.2. The number of benzene rings is 3. The summed E-state index contributed by atoms with van der Waals surface area (Å²) in [4.78, 5) is 29.0. The van der Waals surface area contributed by atoms with Crippen molar-refractivity contribution in [3.05, 3.63) is 94.3 Å². The van der Waals surface area contributed by atoms with Gasteiger partial charge in [0.25, 0.3) is 5.91 Å². The van der Waals surface area contributed by atoms with Gasteiger partial charge in [-0.3, -0.25) is 4.79 Å². The Kier molecular flexibility index (Phi) is 6.23. The van der Waals surface area contributed by atoms with Gasteiger partial charge in [0.1, 0.15) is 11.3 Å². The second-order valence-electron chi connectivity index (χ2n) is 8.12. The number of rotatable bonds is 5. The largest absolute Gasteiger partial charge is 0.482 e. The fourth-order valence-corrected chi connectivity index (χ4v) is 4.43. The van der Waals surface area contributed by atoms with Crippen molar-refractivity contribution in [3.63, 3.8) is 0 Å². The zero-order valence-electron chi connectivity index (χ0n) is 18.4. The summed E-state index contributed by atoms with van der Waals surface area (Å²) in [7, 11) is 0. The first-order valence-electron chi connectivity index (χ1n) is 11.1. The lowest BCUT2D eigenvalue weighted by molar-refractivity contribution is -0.133. The molecule has 2 heterocycles. The molecule has 0 aliphatic carbocycles. The lowest BCUT2D eigenvalue weighted by Crippen LogP contribution is -2.50. The number of ether oxygens (including phenoxy) is 1. The number of anilines is 1. The first kappa shape index (κ1) is 22.0. The SMILES string of the molecule is O=C(COc1cc2oc(=O)cc(-c3ccccc3)c2cc1Cl)N1CCN(c2ccccc2)CC1. The van der Waals surface area contributed by atoms with Crippen LogP contribution in [0.25, 0.3) is 22.1 Å². The quantitative estimate of drug-likeness (QED) is 0.387. The van der Waals surface area contributed by atoms with Crippen LogP contribution < -0.4 is 15.3 Å². The standard InChI is InChI=1S/C27H23ClN2O4/c28-23-15-22-21(19-7-3-1-4-8-19)16-27(32)34-24(22)17-25(23)33-18-26(31)30-13-11-29(12-14-30)20-9-5-2-6-10-20/h1-10,15-17H,11-14,18H2. The molecule has 0 bridgehead atoms. The molecule has 0 spiro atoms. The van der Waals surface area contributed by atoms with Crippen LogP contribution in [0.15, 0.2) is 88.1 Å². The number of nitrogens with zero attached hydrogens (tertiary/aromatic N) is 2. The molecule has 1 aromatic heterocycles. The second-order valence-corrected chi connectivity index (χ2v) is 8.52. The van der Waals surface area contributed by atoms with Crippen molar-refractivity contribution in [3.8, 4) is 16.9 Å². The number of fused-ring (bicyclic) bond motifs is 1. The van der Waals surface area contributed by atoms with Crippen LogP contribution in [0, 0.1) is 0 Å². The van der Waals surface area contributed by atoms with E-state index in [9.17, 15) is 9.59 Å². The first-order valence-corrected chi connectivity index (χ1v) is 11.5. The van der Waals surface area contributed by atoms with E-state index in [2.05, 4.69) is 17.0 Å². The van der Waals surface area contributed by atoms with Crippen molar-refractivity contribution in [1.82, 2.24) is 4.90 Å². The van der Waals surface area contributed by atoms with Crippen LogP contribution in [0.3, 0.4) is 0 Å². The number of para-hydroxylation sites is 1. The molecule has 1 aliphatic rings. The molecule has 4 aromatic rings. The molecule has 5 rings (SSSR count). The zero-order chi connectivity index (χ0) is 23.5. The molecule has 1 saturated heterocycles. The van der Waals surface area contributed by atoms with Gasteiger partial charge in [-0.05, 0) is 29.3 Å². The van der Waals surface area contributed by atoms with Crippen molar-refractivity contribution in [1.29, 1.82) is 0 Å². The van der Waals surface area contributed by atoms with E-state index in [1.165, 1.54) is 6.07 Å². The minimum Gasteiger partial charge on any atom is -0.482 e. The predicted octanol–water partition coefficient (Wildman–Crippen LogP) is 4.84. The summed E-state index contributed by atoms with van der Waals surface area (Å²) in [6, 6.07) is 24.5. The predicted molar refractivity (Wildman–Crippen MR) is 134 cm³/mol. The molecule has 6 nitrogen and oxygen atoms in total. The Morgan fingerprint density at radius 3 is 2.29 bits per heavy atom. The van der Waals surface area contributed by atoms with Crippen molar-refractivity contribution in [2.24, 2.45) is 0 Å². The van der Waals surface area contributed by atoms with E-state index in [0.29, 0.717) is 34.8 Å². The van der Waals surface area contributed by atoms with E-state index < -0.39 is 5.63 Å². The van der Waals surface area contributed by atoms with Crippen molar-refractivity contribution < 1.29 is 13.9 Å². The normalized spacial score (nSPS) is 13.8. The summed E-state index contributed by atoms with van der Waals surface area (Å²) < 4.78 is 11.2. The van der Waals surface area contributed by atoms with Crippen molar-refractivity contribution in [2.45, 2.75) is 0 Å². The summed E-state index contributed by atoms with van der Waals surface area (Å²) >= 11 is 6.48. The molecule has 1 amide bonds. The molecule has 0 atom stereocenters. The Labute approximate surface area is 201 Å². The van der Waals surface area contributed by atoms with Crippen LogP contribution in [-0.4, -0.2) is 43.6 Å². The maximum Gasteiger partial charge on any atom is 0.336 e. The van der Waals surface area contributed by atoms with Crippen LogP contribution in [0.5, 0.6) is 5.75 Å². The molecule has 0 saturated carbocycles. The van der Waals surface area contributed by atoms with Crippen LogP contribution in [0.1, 0.15) is 0 Å². The number of hydrogen-bond acceptors (Lipinski definition) is 5. The Bertz CT molecular complexity index is 1360. The summed E-state index contributed by atoms with van der Waals surface area (Å²) in [5, 5.41) is 1.05. The molecule has 34 heavy (non-hydrogen) atoms. The third-order valence-electron chi connectivity index (χ3n) is 5.99. The third kappa shape index (κ3) is 4.63. The highest BCUT2D eigenvalue weighted by Crippen LogP contribution is 2.34. The highest BCUT2D eigenvalue weighted by molar-refractivity contribution is 6.33. The van der Waals surface area contributed by atoms with Crippen molar-refractivity contribution in [2.75, 3.05) is 37.7 Å². The van der Waals surface area contributed by atoms with Gasteiger partial charge >= 0.3 is 5.63 Å². The number of amides is 1. The third-order valence-corrected chi connectivity index (χ3v) is 6.28. The van der Waals surface area contributed by atoms with E-state index in [1.54, 1.807) is 17.0 Å². The number of hydrogen-bond donors (Lipinski definition) is 0.